The first-order valence-electron chi connectivity index (χ1n) is 8.37. The number of rotatable bonds is 8. The third-order valence-electron chi connectivity index (χ3n) is 4.13. The Balaban J connectivity index is 1.88. The number of esters is 1. The molecule has 0 saturated carbocycles. The van der Waals surface area contributed by atoms with Crippen LogP contribution in [0.5, 0.6) is 0 Å². The number of carbonyl (C=O) groups is 1. The molecule has 1 unspecified atom stereocenters. The molecule has 1 aliphatic heterocycles. The predicted octanol–water partition coefficient (Wildman–Crippen LogP) is 0.829. The fourth-order valence-corrected chi connectivity index (χ4v) is 2.96. The molecule has 2 aromatic rings. The Hall–Kier alpha value is -2.69. The number of hydrogen-bond donors (Lipinski definition) is 1. The molecule has 0 spiro atoms. The van der Waals surface area contributed by atoms with Crippen LogP contribution in [-0.4, -0.2) is 47.9 Å². The van der Waals surface area contributed by atoms with Crippen LogP contribution >= 0.6 is 8.69 Å². The molecular formula is C17H17N2O9P. The smallest absolute Gasteiger partial charge is 0.338 e. The van der Waals surface area contributed by atoms with E-state index in [-0.39, 0.29) is 0 Å². The fraction of sp³-hybridized carbons (Fsp3) is 0.353. The Kier molecular flexibility index (Phi) is 7.02. The highest BCUT2D eigenvalue weighted by Gasteiger charge is 2.49. The first-order valence-corrected chi connectivity index (χ1v) is 9.10. The van der Waals surface area contributed by atoms with Crippen LogP contribution in [0, 0.1) is 0 Å². The third kappa shape index (κ3) is 4.84. The summed E-state index contributed by atoms with van der Waals surface area (Å²) in [6.45, 7) is -0.432. The van der Waals surface area contributed by atoms with E-state index in [2.05, 4.69) is 9.51 Å². The average Bonchev–Trinajstić information content (AvgIpc) is 3.05. The molecule has 4 atom stereocenters. The first-order chi connectivity index (χ1) is 14.0. The van der Waals surface area contributed by atoms with E-state index in [9.17, 15) is 18.9 Å². The van der Waals surface area contributed by atoms with Gasteiger partial charge in [-0.3, -0.25) is 18.9 Å². The lowest BCUT2D eigenvalue weighted by Gasteiger charge is -2.23. The highest BCUT2D eigenvalue weighted by Crippen LogP contribution is 2.33. The Morgan fingerprint density at radius 1 is 1.21 bits per heavy atom. The van der Waals surface area contributed by atoms with Gasteiger partial charge in [0.1, 0.15) is 6.10 Å². The first kappa shape index (κ1) is 21.0. The fourth-order valence-electron chi connectivity index (χ4n) is 2.85. The zero-order valence-corrected chi connectivity index (χ0v) is 16.0. The van der Waals surface area contributed by atoms with Gasteiger partial charge < -0.3 is 18.9 Å². The number of ether oxygens (including phenoxy) is 4. The van der Waals surface area contributed by atoms with Crippen molar-refractivity contribution in [3.8, 4) is 0 Å². The van der Waals surface area contributed by atoms with Crippen molar-refractivity contribution in [2.24, 2.45) is 0 Å². The highest BCUT2D eigenvalue weighted by molar-refractivity contribution is 7.17. The van der Waals surface area contributed by atoms with Gasteiger partial charge in [0.25, 0.3) is 5.56 Å². The zero-order valence-electron chi connectivity index (χ0n) is 15.1. The number of nitrogens with zero attached hydrogens (tertiary/aromatic N) is 1. The van der Waals surface area contributed by atoms with Crippen LogP contribution in [0.2, 0.25) is 0 Å². The van der Waals surface area contributed by atoms with Crippen LogP contribution in [0.15, 0.2) is 52.2 Å². The van der Waals surface area contributed by atoms with Crippen molar-refractivity contribution in [1.29, 1.82) is 0 Å². The van der Waals surface area contributed by atoms with E-state index < -0.39 is 57.4 Å². The molecule has 0 radical (unpaired) electrons. The van der Waals surface area contributed by atoms with Crippen LogP contribution in [0.4, 0.5) is 0 Å². The minimum absolute atomic E-state index is 0.292. The molecule has 1 aliphatic rings. The maximum atomic E-state index is 12.5. The largest absolute Gasteiger partial charge is 0.450 e. The van der Waals surface area contributed by atoms with E-state index >= 15 is 0 Å². The molecule has 1 aromatic carbocycles. The van der Waals surface area contributed by atoms with Crippen molar-refractivity contribution in [3.63, 3.8) is 0 Å². The molecular weight excluding hydrogens is 407 g/mol. The monoisotopic (exact) mass is 424 g/mol. The highest BCUT2D eigenvalue weighted by atomic mass is 31.1. The van der Waals surface area contributed by atoms with Gasteiger partial charge in [0.2, 0.25) is 6.29 Å². The second kappa shape index (κ2) is 9.68. The lowest BCUT2D eigenvalue weighted by molar-refractivity contribution is -0.201. The molecule has 0 amide bonds. The number of benzene rings is 1. The average molecular weight is 424 g/mol. The Morgan fingerprint density at radius 3 is 2.62 bits per heavy atom. The van der Waals surface area contributed by atoms with E-state index in [1.165, 1.54) is 13.3 Å². The number of H-pyrrole nitrogens is 1. The Labute approximate surface area is 165 Å². The van der Waals surface area contributed by atoms with Crippen molar-refractivity contribution >= 4 is 14.7 Å². The molecule has 11 nitrogen and oxygen atoms in total. The summed E-state index contributed by atoms with van der Waals surface area (Å²) in [5, 5.41) is 0. The van der Waals surface area contributed by atoms with E-state index in [4.69, 9.17) is 18.9 Å². The minimum Gasteiger partial charge on any atom is -0.450 e. The van der Waals surface area contributed by atoms with Crippen molar-refractivity contribution in [2.75, 3.05) is 13.9 Å². The molecule has 1 aromatic heterocycles. The SMILES string of the molecule is COC1[C@@H](OC(=O)c2ccccc2)[C@@H](OCOP=O)O[C@H]1n1ccc(=O)[nH]c1=O. The van der Waals surface area contributed by atoms with E-state index in [0.29, 0.717) is 5.56 Å². The van der Waals surface area contributed by atoms with Gasteiger partial charge in [0.05, 0.1) is 5.56 Å². The van der Waals surface area contributed by atoms with Crippen molar-refractivity contribution in [1.82, 2.24) is 9.55 Å². The minimum atomic E-state index is -1.20. The number of aromatic nitrogens is 2. The molecule has 3 rings (SSSR count). The molecule has 0 aliphatic carbocycles. The topological polar surface area (TPSA) is 135 Å². The lowest BCUT2D eigenvalue weighted by atomic mass is 10.2. The summed E-state index contributed by atoms with van der Waals surface area (Å²) in [5.74, 6) is -0.660. The number of methoxy groups -OCH3 is 1. The second-order valence-corrected chi connectivity index (χ2v) is 6.24. The molecule has 154 valence electrons. The molecule has 1 fully saturated rings. The Morgan fingerprint density at radius 2 is 1.97 bits per heavy atom. The quantitative estimate of drug-likeness (QED) is 0.283. The molecule has 29 heavy (non-hydrogen) atoms. The second-order valence-electron chi connectivity index (χ2n) is 5.84. The maximum Gasteiger partial charge on any atom is 0.338 e. The standard InChI is InChI=1S/C17H17N2O9P/c1-24-12-13(27-15(21)10-5-3-2-4-6-10)16(25-9-26-29-23)28-14(12)19-8-7-11(20)18-17(19)22/h2-8,12-14,16H,9H2,1H3,(H,18,20,22)/t12?,13-,14-,16+/m1/s1. The summed E-state index contributed by atoms with van der Waals surface area (Å²) in [5.41, 5.74) is -1.03. The summed E-state index contributed by atoms with van der Waals surface area (Å²) in [6, 6.07) is 9.37. The Bertz CT molecular complexity index is 961. The number of nitrogens with one attached hydrogen (secondary N) is 1. The van der Waals surface area contributed by atoms with Crippen LogP contribution in [-0.2, 0) is 28.0 Å². The van der Waals surface area contributed by atoms with Gasteiger partial charge in [-0.25, -0.2) is 14.2 Å². The normalized spacial score (nSPS) is 23.9. The molecule has 2 heterocycles. The number of carbonyl (C=O) groups excluding carboxylic acids is 1. The van der Waals surface area contributed by atoms with Crippen LogP contribution in [0.25, 0.3) is 0 Å². The number of aromatic amines is 1. The van der Waals surface area contributed by atoms with E-state index in [0.717, 1.165) is 10.6 Å². The molecule has 12 heteroatoms. The summed E-state index contributed by atoms with van der Waals surface area (Å²) in [4.78, 5) is 38.1. The van der Waals surface area contributed by atoms with Gasteiger partial charge in [-0.15, -0.1) is 0 Å². The van der Waals surface area contributed by atoms with E-state index in [1.807, 2.05) is 0 Å². The summed E-state index contributed by atoms with van der Waals surface area (Å²) < 4.78 is 38.1. The van der Waals surface area contributed by atoms with Crippen LogP contribution < -0.4 is 11.2 Å². The van der Waals surface area contributed by atoms with Gasteiger partial charge in [-0.1, -0.05) is 18.2 Å². The molecule has 1 N–H and O–H groups in total. The predicted molar refractivity (Wildman–Crippen MR) is 96.3 cm³/mol. The van der Waals surface area contributed by atoms with Crippen molar-refractivity contribution in [2.45, 2.75) is 24.7 Å². The van der Waals surface area contributed by atoms with Gasteiger partial charge in [-0.05, 0) is 12.1 Å². The molecule has 1 saturated heterocycles. The zero-order chi connectivity index (χ0) is 20.8. The lowest BCUT2D eigenvalue weighted by Crippen LogP contribution is -2.41. The van der Waals surface area contributed by atoms with Crippen LogP contribution in [0.3, 0.4) is 0 Å². The van der Waals surface area contributed by atoms with Gasteiger partial charge in [0, 0.05) is 19.4 Å². The summed E-state index contributed by atoms with van der Waals surface area (Å²) >= 11 is 0. The van der Waals surface area contributed by atoms with E-state index in [1.54, 1.807) is 30.3 Å². The third-order valence-corrected chi connectivity index (χ3v) is 4.35. The van der Waals surface area contributed by atoms with Crippen molar-refractivity contribution < 1.29 is 32.8 Å². The van der Waals surface area contributed by atoms with Gasteiger partial charge in [-0.2, -0.15) is 0 Å². The van der Waals surface area contributed by atoms with Crippen molar-refractivity contribution in [3.05, 3.63) is 69.0 Å². The van der Waals surface area contributed by atoms with Gasteiger partial charge >= 0.3 is 20.3 Å². The van der Waals surface area contributed by atoms with Gasteiger partial charge in [0.15, 0.2) is 19.1 Å². The van der Waals surface area contributed by atoms with Crippen LogP contribution in [0.1, 0.15) is 16.6 Å². The molecule has 0 bridgehead atoms. The maximum absolute atomic E-state index is 12.5. The summed E-state index contributed by atoms with van der Waals surface area (Å²) in [7, 11) is 0.733. The number of hydrogen-bond acceptors (Lipinski definition) is 9. The summed E-state index contributed by atoms with van der Waals surface area (Å²) in [6.07, 6.45) is -3.10.